The summed E-state index contributed by atoms with van der Waals surface area (Å²) >= 11 is 0. The molecule has 0 radical (unpaired) electrons. The largest absolute Gasteiger partial charge is 0.493 e. The monoisotopic (exact) mass is 385 g/mol. The summed E-state index contributed by atoms with van der Waals surface area (Å²) in [5, 5.41) is 0. The lowest BCUT2D eigenvalue weighted by molar-refractivity contribution is 0.303. The molecule has 0 bridgehead atoms. The van der Waals surface area contributed by atoms with Crippen LogP contribution in [0.1, 0.15) is 83.6 Å². The van der Waals surface area contributed by atoms with Crippen molar-refractivity contribution in [3.63, 3.8) is 0 Å². The zero-order valence-electron chi connectivity index (χ0n) is 17.7. The Kier molecular flexibility index (Phi) is 10.6. The van der Waals surface area contributed by atoms with Gasteiger partial charge in [0, 0.05) is 17.8 Å². The van der Waals surface area contributed by atoms with Gasteiger partial charge >= 0.3 is 0 Å². The van der Waals surface area contributed by atoms with Crippen LogP contribution in [0, 0.1) is 5.82 Å². The van der Waals surface area contributed by atoms with E-state index in [0.717, 1.165) is 12.8 Å². The Bertz CT molecular complexity index is 669. The van der Waals surface area contributed by atoms with E-state index in [0.29, 0.717) is 23.6 Å². The Morgan fingerprint density at radius 2 is 1.54 bits per heavy atom. The Hall–Kier alpha value is -1.90. The fourth-order valence-electron chi connectivity index (χ4n) is 3.35. The Morgan fingerprint density at radius 3 is 2.18 bits per heavy atom. The molecule has 0 fully saturated rings. The van der Waals surface area contributed by atoms with Crippen LogP contribution in [-0.4, -0.2) is 11.6 Å². The zero-order chi connectivity index (χ0) is 20.0. The van der Waals surface area contributed by atoms with Crippen LogP contribution < -0.4 is 4.74 Å². The highest BCUT2D eigenvalue weighted by molar-refractivity contribution is 5.61. The van der Waals surface area contributed by atoms with E-state index < -0.39 is 0 Å². The van der Waals surface area contributed by atoms with Gasteiger partial charge in [-0.3, -0.25) is 4.98 Å². The van der Waals surface area contributed by atoms with E-state index in [9.17, 15) is 4.39 Å². The van der Waals surface area contributed by atoms with Crippen LogP contribution in [0.5, 0.6) is 5.75 Å². The highest BCUT2D eigenvalue weighted by Crippen LogP contribution is 2.25. The van der Waals surface area contributed by atoms with E-state index in [1.165, 1.54) is 69.4 Å². The average Bonchev–Trinajstić information content (AvgIpc) is 2.71. The average molecular weight is 386 g/mol. The first-order chi connectivity index (χ1) is 13.7. The highest BCUT2D eigenvalue weighted by atomic mass is 19.1. The van der Waals surface area contributed by atoms with E-state index in [-0.39, 0.29) is 5.82 Å². The SMILES string of the molecule is CCCCCCCOc1ccc(-c2ccc(CCCCCCC)cn2)c(F)c1. The molecule has 0 saturated heterocycles. The van der Waals surface area contributed by atoms with Gasteiger partial charge in [0.2, 0.25) is 0 Å². The minimum absolute atomic E-state index is 0.275. The van der Waals surface area contributed by atoms with Gasteiger partial charge in [0.1, 0.15) is 11.6 Å². The first kappa shape index (κ1) is 22.4. The lowest BCUT2D eigenvalue weighted by Crippen LogP contribution is -1.98. The molecule has 1 aromatic carbocycles. The second-order valence-corrected chi connectivity index (χ2v) is 7.62. The number of ether oxygens (including phenoxy) is 1. The smallest absolute Gasteiger partial charge is 0.136 e. The number of halogens is 1. The molecule has 0 saturated carbocycles. The third kappa shape index (κ3) is 8.00. The van der Waals surface area contributed by atoms with E-state index in [1.807, 2.05) is 18.3 Å². The van der Waals surface area contributed by atoms with E-state index in [4.69, 9.17) is 4.74 Å². The lowest BCUT2D eigenvalue weighted by Gasteiger charge is -2.09. The molecule has 3 heteroatoms. The van der Waals surface area contributed by atoms with Gasteiger partial charge in [-0.25, -0.2) is 4.39 Å². The fourth-order valence-corrected chi connectivity index (χ4v) is 3.35. The van der Waals surface area contributed by atoms with Crippen LogP contribution in [0.4, 0.5) is 4.39 Å². The molecule has 2 nitrogen and oxygen atoms in total. The Morgan fingerprint density at radius 1 is 0.821 bits per heavy atom. The van der Waals surface area contributed by atoms with E-state index >= 15 is 0 Å². The van der Waals surface area contributed by atoms with Crippen molar-refractivity contribution < 1.29 is 9.13 Å². The third-order valence-electron chi connectivity index (χ3n) is 5.13. The summed E-state index contributed by atoms with van der Waals surface area (Å²) < 4.78 is 20.2. The maximum absolute atomic E-state index is 14.5. The lowest BCUT2D eigenvalue weighted by atomic mass is 10.1. The zero-order valence-corrected chi connectivity index (χ0v) is 17.7. The molecular weight excluding hydrogens is 349 g/mol. The van der Waals surface area contributed by atoms with Crippen LogP contribution in [0.3, 0.4) is 0 Å². The number of aryl methyl sites for hydroxylation is 1. The summed E-state index contributed by atoms with van der Waals surface area (Å²) in [4.78, 5) is 4.48. The Labute approximate surface area is 170 Å². The molecule has 0 aliphatic carbocycles. The number of hydrogen-bond acceptors (Lipinski definition) is 2. The van der Waals surface area contributed by atoms with Crippen molar-refractivity contribution in [2.75, 3.05) is 6.61 Å². The maximum atomic E-state index is 14.5. The molecular formula is C25H36FNO. The molecule has 0 atom stereocenters. The molecule has 2 rings (SSSR count). The van der Waals surface area contributed by atoms with Crippen molar-refractivity contribution in [1.82, 2.24) is 4.98 Å². The van der Waals surface area contributed by atoms with Gasteiger partial charge in [-0.2, -0.15) is 0 Å². The first-order valence-electron chi connectivity index (χ1n) is 11.1. The fraction of sp³-hybridized carbons (Fsp3) is 0.560. The van der Waals surface area contributed by atoms with Gasteiger partial charge in [-0.15, -0.1) is 0 Å². The molecule has 0 aliphatic rings. The van der Waals surface area contributed by atoms with E-state index in [2.05, 4.69) is 24.9 Å². The van der Waals surface area contributed by atoms with Gasteiger partial charge in [0.05, 0.1) is 12.3 Å². The van der Waals surface area contributed by atoms with E-state index in [1.54, 1.807) is 6.07 Å². The maximum Gasteiger partial charge on any atom is 0.136 e. The standard InChI is InChI=1S/C25H36FNO/c1-3-5-7-9-11-13-21-14-17-25(27-20-21)23-16-15-22(19-24(23)26)28-18-12-10-8-6-4-2/h14-17,19-20H,3-13,18H2,1-2H3. The number of benzene rings is 1. The number of unbranched alkanes of at least 4 members (excludes halogenated alkanes) is 8. The second kappa shape index (κ2) is 13.3. The Balaban J connectivity index is 1.82. The third-order valence-corrected chi connectivity index (χ3v) is 5.13. The normalized spacial score (nSPS) is 11.0. The summed E-state index contributed by atoms with van der Waals surface area (Å²) in [6.45, 7) is 5.08. The molecule has 0 N–H and O–H groups in total. The van der Waals surface area contributed by atoms with Crippen molar-refractivity contribution in [3.8, 4) is 17.0 Å². The van der Waals surface area contributed by atoms with Crippen molar-refractivity contribution in [2.45, 2.75) is 84.5 Å². The highest BCUT2D eigenvalue weighted by Gasteiger charge is 2.08. The molecule has 2 aromatic rings. The van der Waals surface area contributed by atoms with Gasteiger partial charge in [-0.1, -0.05) is 71.3 Å². The number of pyridine rings is 1. The van der Waals surface area contributed by atoms with Gasteiger partial charge < -0.3 is 4.74 Å². The summed E-state index contributed by atoms with van der Waals surface area (Å²) in [5.41, 5.74) is 2.44. The van der Waals surface area contributed by atoms with Crippen LogP contribution in [0.2, 0.25) is 0 Å². The molecule has 0 aliphatic heterocycles. The van der Waals surface area contributed by atoms with Gasteiger partial charge in [-0.05, 0) is 43.0 Å². The predicted molar refractivity (Wildman–Crippen MR) is 116 cm³/mol. The first-order valence-corrected chi connectivity index (χ1v) is 11.1. The number of aromatic nitrogens is 1. The predicted octanol–water partition coefficient (Wildman–Crippen LogP) is 7.75. The molecule has 28 heavy (non-hydrogen) atoms. The minimum Gasteiger partial charge on any atom is -0.493 e. The molecule has 0 spiro atoms. The number of rotatable bonds is 14. The van der Waals surface area contributed by atoms with Crippen molar-refractivity contribution in [3.05, 3.63) is 47.9 Å². The summed E-state index contributed by atoms with van der Waals surface area (Å²) in [6, 6.07) is 9.09. The number of hydrogen-bond donors (Lipinski definition) is 0. The van der Waals surface area contributed by atoms with Crippen molar-refractivity contribution >= 4 is 0 Å². The molecule has 154 valence electrons. The van der Waals surface area contributed by atoms with Crippen LogP contribution in [0.25, 0.3) is 11.3 Å². The molecule has 1 aromatic heterocycles. The van der Waals surface area contributed by atoms with Crippen LogP contribution >= 0.6 is 0 Å². The summed E-state index contributed by atoms with van der Waals surface area (Å²) in [6.07, 6.45) is 15.2. The molecule has 1 heterocycles. The van der Waals surface area contributed by atoms with Crippen LogP contribution in [-0.2, 0) is 6.42 Å². The number of nitrogens with zero attached hydrogens (tertiary/aromatic N) is 1. The molecule has 0 unspecified atom stereocenters. The van der Waals surface area contributed by atoms with Gasteiger partial charge in [0.15, 0.2) is 0 Å². The van der Waals surface area contributed by atoms with Crippen LogP contribution in [0.15, 0.2) is 36.5 Å². The van der Waals surface area contributed by atoms with Crippen molar-refractivity contribution in [2.24, 2.45) is 0 Å². The quantitative estimate of drug-likeness (QED) is 0.310. The second-order valence-electron chi connectivity index (χ2n) is 7.62. The summed E-state index contributed by atoms with van der Waals surface area (Å²) in [5.74, 6) is 0.323. The minimum atomic E-state index is -0.275. The molecule has 0 amide bonds. The van der Waals surface area contributed by atoms with Gasteiger partial charge in [0.25, 0.3) is 0 Å². The topological polar surface area (TPSA) is 22.1 Å². The summed E-state index contributed by atoms with van der Waals surface area (Å²) in [7, 11) is 0. The van der Waals surface area contributed by atoms with Crippen molar-refractivity contribution in [1.29, 1.82) is 0 Å².